The molecule has 61 heavy (non-hydrogen) atoms. The maximum atomic E-state index is 13.3. The maximum absolute atomic E-state index is 13.3. The Hall–Kier alpha value is -5.93. The van der Waals surface area contributed by atoms with Gasteiger partial charge in [-0.15, -0.1) is 0 Å². The number of carbonyl (C=O) groups excluding carboxylic acids is 1. The van der Waals surface area contributed by atoms with Gasteiger partial charge in [-0.05, 0) is 75.0 Å². The topological polar surface area (TPSA) is 72.5 Å². The molecule has 5 aromatic rings. The van der Waals surface area contributed by atoms with Gasteiger partial charge in [-0.1, -0.05) is 170 Å². The predicted molar refractivity (Wildman–Crippen MR) is 237 cm³/mol. The fourth-order valence-corrected chi connectivity index (χ4v) is 8.20. The molecule has 1 aliphatic heterocycles. The Labute approximate surface area is 359 Å². The van der Waals surface area contributed by atoms with Crippen LogP contribution in [0.15, 0.2) is 176 Å². The van der Waals surface area contributed by atoms with Crippen molar-refractivity contribution in [2.45, 2.75) is 70.3 Å². The molecular weight excluding hydrogens is 761 g/mol. The van der Waals surface area contributed by atoms with E-state index in [9.17, 15) is 4.79 Å². The molecule has 0 radical (unpaired) electrons. The van der Waals surface area contributed by atoms with E-state index in [-0.39, 0.29) is 12.6 Å². The molecule has 7 heteroatoms. The Bertz CT molecular complexity index is 2400. The van der Waals surface area contributed by atoms with Crippen LogP contribution in [0.5, 0.6) is 0 Å². The minimum atomic E-state index is -0.587. The molecule has 5 aromatic carbocycles. The largest absolute Gasteiger partial charge is 0.465 e. The van der Waals surface area contributed by atoms with Crippen molar-refractivity contribution >= 4 is 5.97 Å². The van der Waals surface area contributed by atoms with Gasteiger partial charge in [0.05, 0.1) is 45.7 Å². The summed E-state index contributed by atoms with van der Waals surface area (Å²) in [6.07, 6.45) is -2.28. The van der Waals surface area contributed by atoms with Crippen molar-refractivity contribution in [3.63, 3.8) is 0 Å². The van der Waals surface area contributed by atoms with Gasteiger partial charge in [-0.25, -0.2) is 4.79 Å². The number of rotatable bonds is 17. The van der Waals surface area contributed by atoms with Crippen molar-refractivity contribution < 1.29 is 33.2 Å². The molecule has 3 aliphatic rings. The van der Waals surface area contributed by atoms with Gasteiger partial charge in [0.25, 0.3) is 0 Å². The number of methoxy groups -OCH3 is 1. The van der Waals surface area contributed by atoms with Crippen molar-refractivity contribution in [2.24, 2.45) is 0 Å². The predicted octanol–water partition coefficient (Wildman–Crippen LogP) is 10.9. The quantitative estimate of drug-likeness (QED) is 0.0848. The second kappa shape index (κ2) is 20.6. The summed E-state index contributed by atoms with van der Waals surface area (Å²) in [5.41, 5.74) is 10.6. The van der Waals surface area contributed by atoms with E-state index in [1.54, 1.807) is 0 Å². The van der Waals surface area contributed by atoms with Crippen LogP contribution in [0, 0.1) is 6.92 Å². The number of esters is 1. The highest BCUT2D eigenvalue weighted by atomic mass is 16.6. The van der Waals surface area contributed by atoms with E-state index in [1.165, 1.54) is 7.11 Å². The standard InChI is InChI=1S/C54H52O7/c1-38-28-29-43(30-45-32-44-26-16-7-17-27-46(44)49(45)54(55)56-2)31-47(38)50-52(59-35-41-22-12-5-13-23-41)53(60-36-42-24-14-6-15-25-42)51(58-34-40-20-10-4-11-21-40)48(61-50)37-57-33-39-18-8-3-9-19-39/h3-29,31-32,48,50-53H,30,33-37H2,1-2H3/t48-,50+,51-,52+,53+/m1/s1. The molecule has 0 N–H and O–H groups in total. The highest BCUT2D eigenvalue weighted by Gasteiger charge is 2.49. The molecule has 0 spiro atoms. The van der Waals surface area contributed by atoms with Gasteiger partial charge in [0.1, 0.15) is 30.5 Å². The van der Waals surface area contributed by atoms with E-state index < -0.39 is 30.5 Å². The number of ether oxygens (including phenoxy) is 6. The Balaban J connectivity index is 1.19. The molecule has 8 rings (SSSR count). The molecule has 0 saturated carbocycles. The van der Waals surface area contributed by atoms with Crippen LogP contribution < -0.4 is 0 Å². The molecule has 0 aromatic heterocycles. The molecule has 1 saturated heterocycles. The lowest BCUT2D eigenvalue weighted by molar-refractivity contribution is -0.275. The maximum Gasteiger partial charge on any atom is 0.338 e. The van der Waals surface area contributed by atoms with Crippen molar-refractivity contribution in [1.29, 1.82) is 0 Å². The third-order valence-electron chi connectivity index (χ3n) is 11.3. The molecule has 0 bridgehead atoms. The first kappa shape index (κ1) is 41.8. The monoisotopic (exact) mass is 812 g/mol. The first-order valence-electron chi connectivity index (χ1n) is 21.0. The van der Waals surface area contributed by atoms with Crippen LogP contribution >= 0.6 is 0 Å². The lowest BCUT2D eigenvalue weighted by atomic mass is 9.87. The Morgan fingerprint density at radius 3 is 1.62 bits per heavy atom. The van der Waals surface area contributed by atoms with Gasteiger partial charge in [-0.3, -0.25) is 0 Å². The van der Waals surface area contributed by atoms with Crippen LogP contribution in [-0.4, -0.2) is 44.1 Å². The summed E-state index contributed by atoms with van der Waals surface area (Å²) in [7, 11) is 1.43. The van der Waals surface area contributed by atoms with Crippen LogP contribution in [0.2, 0.25) is 0 Å². The van der Waals surface area contributed by atoms with Crippen LogP contribution in [0.25, 0.3) is 11.1 Å². The van der Waals surface area contributed by atoms with E-state index in [4.69, 9.17) is 28.4 Å². The van der Waals surface area contributed by atoms with E-state index in [2.05, 4.69) is 79.7 Å². The molecule has 310 valence electrons. The van der Waals surface area contributed by atoms with Crippen LogP contribution in [0.1, 0.15) is 61.0 Å². The average Bonchev–Trinajstić information content (AvgIpc) is 3.47. The number of fused-ring (bicyclic) bond motifs is 1. The molecule has 2 aliphatic carbocycles. The second-order valence-corrected chi connectivity index (χ2v) is 15.6. The lowest BCUT2D eigenvalue weighted by Crippen LogP contribution is -2.58. The normalized spacial score (nSPS) is 18.8. The third kappa shape index (κ3) is 10.5. The first-order chi connectivity index (χ1) is 30.0. The molecule has 0 amide bonds. The number of hydrogen-bond donors (Lipinski definition) is 0. The van der Waals surface area contributed by atoms with Crippen molar-refractivity contribution in [1.82, 2.24) is 0 Å². The van der Waals surface area contributed by atoms with Gasteiger partial charge < -0.3 is 28.4 Å². The number of carbonyl (C=O) groups is 1. The molecular formula is C54H52O7. The summed E-state index contributed by atoms with van der Waals surface area (Å²) in [6, 6.07) is 59.1. The lowest BCUT2D eigenvalue weighted by Gasteiger charge is -2.47. The molecule has 1 fully saturated rings. The Morgan fingerprint density at radius 1 is 0.541 bits per heavy atom. The fourth-order valence-electron chi connectivity index (χ4n) is 8.20. The average molecular weight is 813 g/mol. The summed E-state index contributed by atoms with van der Waals surface area (Å²) in [6.45, 7) is 3.84. The summed E-state index contributed by atoms with van der Waals surface area (Å²) in [5, 5.41) is 0. The highest BCUT2D eigenvalue weighted by molar-refractivity contribution is 6.01. The minimum Gasteiger partial charge on any atom is -0.465 e. The molecule has 5 atom stereocenters. The van der Waals surface area contributed by atoms with Crippen molar-refractivity contribution in [3.8, 4) is 11.1 Å². The second-order valence-electron chi connectivity index (χ2n) is 15.6. The van der Waals surface area contributed by atoms with Gasteiger partial charge in [0.2, 0.25) is 0 Å². The van der Waals surface area contributed by atoms with E-state index in [0.29, 0.717) is 38.4 Å². The van der Waals surface area contributed by atoms with Gasteiger partial charge in [0, 0.05) is 0 Å². The summed E-state index contributed by atoms with van der Waals surface area (Å²) < 4.78 is 40.1. The minimum absolute atomic E-state index is 0.264. The van der Waals surface area contributed by atoms with Crippen molar-refractivity contribution in [2.75, 3.05) is 13.7 Å². The number of hydrogen-bond acceptors (Lipinski definition) is 7. The van der Waals surface area contributed by atoms with Crippen molar-refractivity contribution in [3.05, 3.63) is 226 Å². The molecule has 1 heterocycles. The third-order valence-corrected chi connectivity index (χ3v) is 11.3. The van der Waals surface area contributed by atoms with Gasteiger partial charge in [0.15, 0.2) is 0 Å². The van der Waals surface area contributed by atoms with Crippen LogP contribution in [0.3, 0.4) is 0 Å². The zero-order valence-electron chi connectivity index (χ0n) is 34.7. The molecule has 0 unspecified atom stereocenters. The Kier molecular flexibility index (Phi) is 14.1. The fraction of sp³-hybridized carbons (Fsp3) is 0.241. The smallest absolute Gasteiger partial charge is 0.338 e. The summed E-state index contributed by atoms with van der Waals surface area (Å²) >= 11 is 0. The SMILES string of the molecule is COC(=O)c1c(Cc2ccc(C)c([C@@H]3O[C@H](COCc4ccccc4)[C@@H](OCc4ccccc4)[C@H](OCc4ccccc4)[C@H]3OCc3ccccc3)c2)cc2cccccc1-2. The zero-order chi connectivity index (χ0) is 41.8. The van der Waals surface area contributed by atoms with E-state index in [0.717, 1.165) is 55.6 Å². The van der Waals surface area contributed by atoms with Gasteiger partial charge in [-0.2, -0.15) is 0 Å². The van der Waals surface area contributed by atoms with Crippen LogP contribution in [0.4, 0.5) is 0 Å². The number of aryl methyl sites for hydroxylation is 1. The van der Waals surface area contributed by atoms with Gasteiger partial charge >= 0.3 is 5.97 Å². The van der Waals surface area contributed by atoms with Crippen LogP contribution in [-0.2, 0) is 61.3 Å². The first-order valence-corrected chi connectivity index (χ1v) is 21.0. The summed E-state index contributed by atoms with van der Waals surface area (Å²) in [4.78, 5) is 13.3. The molecule has 7 nitrogen and oxygen atoms in total. The van der Waals surface area contributed by atoms with E-state index in [1.807, 2.05) is 103 Å². The Morgan fingerprint density at radius 2 is 1.05 bits per heavy atom. The number of benzene rings is 5. The highest BCUT2D eigenvalue weighted by Crippen LogP contribution is 2.41. The zero-order valence-corrected chi connectivity index (χ0v) is 34.7. The van der Waals surface area contributed by atoms with E-state index >= 15 is 0 Å². The summed E-state index contributed by atoms with van der Waals surface area (Å²) in [5.74, 6) is -0.355.